The van der Waals surface area contributed by atoms with E-state index in [9.17, 15) is 18.0 Å². The number of hydrogen-bond acceptors (Lipinski definition) is 6. The number of amides is 1. The van der Waals surface area contributed by atoms with Gasteiger partial charge in [-0.1, -0.05) is 24.0 Å². The van der Waals surface area contributed by atoms with E-state index >= 15 is 0 Å². The van der Waals surface area contributed by atoms with Crippen molar-refractivity contribution in [2.75, 3.05) is 25.0 Å². The van der Waals surface area contributed by atoms with Crippen molar-refractivity contribution in [2.45, 2.75) is 6.18 Å². The summed E-state index contributed by atoms with van der Waals surface area (Å²) in [6.07, 6.45) is -1.65. The SMILES string of the molecule is N#Cc1ccc(OCC#Cc2ccc(NCCNC(=O)c3ccccc3C(F)(F)F)nc2)nc1. The minimum atomic E-state index is -4.60. The molecule has 10 heteroatoms. The van der Waals surface area contributed by atoms with Crippen molar-refractivity contribution in [3.8, 4) is 23.8 Å². The van der Waals surface area contributed by atoms with Crippen molar-refractivity contribution in [1.82, 2.24) is 15.3 Å². The number of nitrogens with one attached hydrogen (secondary N) is 2. The zero-order valence-corrected chi connectivity index (χ0v) is 17.7. The second kappa shape index (κ2) is 11.3. The average Bonchev–Trinajstić information content (AvgIpc) is 2.85. The van der Waals surface area contributed by atoms with Crippen molar-refractivity contribution in [3.05, 3.63) is 83.2 Å². The number of rotatable bonds is 7. The van der Waals surface area contributed by atoms with Crippen LogP contribution in [0.3, 0.4) is 0 Å². The van der Waals surface area contributed by atoms with Crippen LogP contribution in [-0.2, 0) is 6.18 Å². The van der Waals surface area contributed by atoms with E-state index in [4.69, 9.17) is 10.00 Å². The molecule has 0 radical (unpaired) electrons. The molecule has 3 rings (SSSR count). The van der Waals surface area contributed by atoms with E-state index in [-0.39, 0.29) is 19.7 Å². The molecule has 1 amide bonds. The molecule has 3 aromatic rings. The fraction of sp³-hybridized carbons (Fsp3) is 0.167. The van der Waals surface area contributed by atoms with Crippen LogP contribution in [0, 0.1) is 23.2 Å². The minimum absolute atomic E-state index is 0.106. The molecule has 0 aliphatic rings. The lowest BCUT2D eigenvalue weighted by Crippen LogP contribution is -2.30. The van der Waals surface area contributed by atoms with Gasteiger partial charge in [0.15, 0.2) is 6.61 Å². The Hall–Kier alpha value is -4.57. The molecule has 1 aromatic carbocycles. The number of aromatic nitrogens is 2. The summed E-state index contributed by atoms with van der Waals surface area (Å²) in [5.41, 5.74) is -0.307. The summed E-state index contributed by atoms with van der Waals surface area (Å²) in [4.78, 5) is 20.3. The first kappa shape index (κ1) is 24.1. The molecule has 0 aliphatic heterocycles. The minimum Gasteiger partial charge on any atom is -0.464 e. The van der Waals surface area contributed by atoms with Crippen LogP contribution in [-0.4, -0.2) is 35.6 Å². The fourth-order valence-electron chi connectivity index (χ4n) is 2.74. The molecule has 2 N–H and O–H groups in total. The quantitative estimate of drug-likeness (QED) is 0.408. The molecule has 0 saturated heterocycles. The van der Waals surface area contributed by atoms with Crippen molar-refractivity contribution >= 4 is 11.7 Å². The van der Waals surface area contributed by atoms with Gasteiger partial charge >= 0.3 is 6.18 Å². The van der Waals surface area contributed by atoms with Gasteiger partial charge in [0.05, 0.1) is 16.7 Å². The zero-order valence-electron chi connectivity index (χ0n) is 17.7. The monoisotopic (exact) mass is 465 g/mol. The highest BCUT2D eigenvalue weighted by molar-refractivity contribution is 5.95. The largest absolute Gasteiger partial charge is 0.464 e. The van der Waals surface area contributed by atoms with Crippen LogP contribution in [0.5, 0.6) is 5.88 Å². The molecule has 34 heavy (non-hydrogen) atoms. The number of anilines is 1. The number of nitrogens with zero attached hydrogens (tertiary/aromatic N) is 3. The lowest BCUT2D eigenvalue weighted by molar-refractivity contribution is -0.137. The highest BCUT2D eigenvalue weighted by atomic mass is 19.4. The highest BCUT2D eigenvalue weighted by Gasteiger charge is 2.34. The number of pyridine rings is 2. The number of alkyl halides is 3. The number of carbonyl (C=O) groups excluding carboxylic acids is 1. The van der Waals surface area contributed by atoms with E-state index in [1.54, 1.807) is 30.5 Å². The van der Waals surface area contributed by atoms with Crippen LogP contribution in [0.1, 0.15) is 27.0 Å². The van der Waals surface area contributed by atoms with Crippen molar-refractivity contribution in [3.63, 3.8) is 0 Å². The number of nitriles is 1. The van der Waals surface area contributed by atoms with E-state index in [1.807, 2.05) is 6.07 Å². The van der Waals surface area contributed by atoms with Gasteiger partial charge in [-0.25, -0.2) is 9.97 Å². The Morgan fingerprint density at radius 1 is 1.00 bits per heavy atom. The van der Waals surface area contributed by atoms with E-state index in [2.05, 4.69) is 32.4 Å². The summed E-state index contributed by atoms with van der Waals surface area (Å²) in [5.74, 6) is 5.80. The summed E-state index contributed by atoms with van der Waals surface area (Å²) in [6.45, 7) is 0.481. The Kier molecular flexibility index (Phi) is 8.03. The van der Waals surface area contributed by atoms with Gasteiger partial charge in [0.2, 0.25) is 5.88 Å². The van der Waals surface area contributed by atoms with Crippen molar-refractivity contribution < 1.29 is 22.7 Å². The number of carbonyl (C=O) groups is 1. The number of ether oxygens (including phenoxy) is 1. The third-order valence-electron chi connectivity index (χ3n) is 4.35. The van der Waals surface area contributed by atoms with Gasteiger partial charge < -0.3 is 15.4 Å². The smallest absolute Gasteiger partial charge is 0.417 e. The summed E-state index contributed by atoms with van der Waals surface area (Å²) >= 11 is 0. The Labute approximate surface area is 193 Å². The van der Waals surface area contributed by atoms with E-state index in [0.29, 0.717) is 22.8 Å². The predicted molar refractivity (Wildman–Crippen MR) is 118 cm³/mol. The molecule has 0 unspecified atom stereocenters. The number of halogens is 3. The van der Waals surface area contributed by atoms with Crippen LogP contribution in [0.4, 0.5) is 19.0 Å². The third kappa shape index (κ3) is 6.97. The first-order chi connectivity index (χ1) is 16.4. The maximum atomic E-state index is 13.0. The Bertz CT molecular complexity index is 1220. The summed E-state index contributed by atoms with van der Waals surface area (Å²) in [7, 11) is 0. The molecule has 0 saturated carbocycles. The first-order valence-electron chi connectivity index (χ1n) is 9.99. The predicted octanol–water partition coefficient (Wildman–Crippen LogP) is 3.64. The summed E-state index contributed by atoms with van der Waals surface area (Å²) in [5, 5.41) is 14.2. The average molecular weight is 465 g/mol. The van der Waals surface area contributed by atoms with Gasteiger partial charge in [-0.2, -0.15) is 18.4 Å². The Morgan fingerprint density at radius 2 is 1.76 bits per heavy atom. The molecule has 172 valence electrons. The molecule has 0 bridgehead atoms. The molecular weight excluding hydrogens is 447 g/mol. The van der Waals surface area contributed by atoms with Crippen LogP contribution in [0.25, 0.3) is 0 Å². The van der Waals surface area contributed by atoms with Crippen LogP contribution in [0.2, 0.25) is 0 Å². The van der Waals surface area contributed by atoms with Crippen molar-refractivity contribution in [2.24, 2.45) is 0 Å². The van der Waals surface area contributed by atoms with Gasteiger partial charge in [0.25, 0.3) is 5.91 Å². The van der Waals surface area contributed by atoms with Gasteiger partial charge in [-0.3, -0.25) is 4.79 Å². The van der Waals surface area contributed by atoms with Crippen LogP contribution >= 0.6 is 0 Å². The fourth-order valence-corrected chi connectivity index (χ4v) is 2.74. The van der Waals surface area contributed by atoms with Gasteiger partial charge in [0.1, 0.15) is 11.9 Å². The topological polar surface area (TPSA) is 99.9 Å². The second-order valence-corrected chi connectivity index (χ2v) is 6.75. The molecule has 0 fully saturated rings. The van der Waals surface area contributed by atoms with Gasteiger partial charge in [0, 0.05) is 37.1 Å². The summed E-state index contributed by atoms with van der Waals surface area (Å²) in [6, 6.07) is 13.2. The lowest BCUT2D eigenvalue weighted by atomic mass is 10.1. The molecule has 2 aromatic heterocycles. The van der Waals surface area contributed by atoms with Crippen LogP contribution < -0.4 is 15.4 Å². The standard InChI is InChI=1S/C24H18F3N5O2/c25-24(26,27)20-6-2-1-5-19(20)23(33)30-12-11-29-21-9-7-17(15-31-21)4-3-13-34-22-10-8-18(14-28)16-32-22/h1-2,5-10,15-16H,11-13H2,(H,29,31)(H,30,33). The molecule has 7 nitrogen and oxygen atoms in total. The van der Waals surface area contributed by atoms with Gasteiger partial charge in [-0.05, 0) is 30.3 Å². The second-order valence-electron chi connectivity index (χ2n) is 6.75. The van der Waals surface area contributed by atoms with Gasteiger partial charge in [-0.15, -0.1) is 0 Å². The molecule has 2 heterocycles. The zero-order chi connectivity index (χ0) is 24.4. The van der Waals surface area contributed by atoms with E-state index < -0.39 is 23.2 Å². The normalized spacial score (nSPS) is 10.4. The molecule has 0 atom stereocenters. The maximum absolute atomic E-state index is 13.0. The molecule has 0 spiro atoms. The Morgan fingerprint density at radius 3 is 2.44 bits per heavy atom. The first-order valence-corrected chi connectivity index (χ1v) is 9.99. The molecule has 0 aliphatic carbocycles. The van der Waals surface area contributed by atoms with Crippen LogP contribution in [0.15, 0.2) is 60.9 Å². The molecular formula is C24H18F3N5O2. The highest BCUT2D eigenvalue weighted by Crippen LogP contribution is 2.31. The number of hydrogen-bond donors (Lipinski definition) is 2. The summed E-state index contributed by atoms with van der Waals surface area (Å²) < 4.78 is 44.4. The maximum Gasteiger partial charge on any atom is 0.417 e. The van der Waals surface area contributed by atoms with E-state index in [0.717, 1.165) is 12.1 Å². The third-order valence-corrected chi connectivity index (χ3v) is 4.35. The van der Waals surface area contributed by atoms with E-state index in [1.165, 1.54) is 18.3 Å². The Balaban J connectivity index is 1.42. The lowest BCUT2D eigenvalue weighted by Gasteiger charge is -2.13. The van der Waals surface area contributed by atoms with Crippen molar-refractivity contribution in [1.29, 1.82) is 5.26 Å². The number of benzene rings is 1.